The minimum Gasteiger partial charge on any atom is -0.496 e. The van der Waals surface area contributed by atoms with E-state index in [0.29, 0.717) is 16.3 Å². The van der Waals surface area contributed by atoms with Crippen molar-refractivity contribution in [1.29, 1.82) is 0 Å². The van der Waals surface area contributed by atoms with Gasteiger partial charge in [0.05, 0.1) is 24.7 Å². The van der Waals surface area contributed by atoms with Crippen molar-refractivity contribution in [2.75, 3.05) is 13.7 Å². The van der Waals surface area contributed by atoms with Gasteiger partial charge in [0.15, 0.2) is 5.78 Å². The molecule has 0 spiro atoms. The highest BCUT2D eigenvalue weighted by molar-refractivity contribution is 6.31. The maximum Gasteiger partial charge on any atom is 0.175 e. The smallest absolute Gasteiger partial charge is 0.175 e. The van der Waals surface area contributed by atoms with Gasteiger partial charge in [-0.05, 0) is 31.0 Å². The van der Waals surface area contributed by atoms with Crippen LogP contribution in [0.5, 0.6) is 5.75 Å². The fourth-order valence-electron chi connectivity index (χ4n) is 2.20. The van der Waals surface area contributed by atoms with E-state index in [1.54, 1.807) is 18.2 Å². The first-order valence-electron chi connectivity index (χ1n) is 5.62. The van der Waals surface area contributed by atoms with Crippen LogP contribution in [0.2, 0.25) is 5.02 Å². The summed E-state index contributed by atoms with van der Waals surface area (Å²) in [6.45, 7) is -0.110. The van der Waals surface area contributed by atoms with Crippen molar-refractivity contribution in [3.8, 4) is 5.75 Å². The molecule has 0 heterocycles. The highest BCUT2D eigenvalue weighted by atomic mass is 35.5. The molecule has 1 N–H and O–H groups in total. The van der Waals surface area contributed by atoms with E-state index in [1.165, 1.54) is 7.11 Å². The number of rotatable bonds is 4. The second-order valence-corrected chi connectivity index (χ2v) is 4.90. The molecule has 17 heavy (non-hydrogen) atoms. The molecule has 4 heteroatoms. The normalized spacial score (nSPS) is 17.4. The van der Waals surface area contributed by atoms with Crippen LogP contribution in [-0.4, -0.2) is 24.6 Å². The van der Waals surface area contributed by atoms with Crippen LogP contribution in [0.3, 0.4) is 0 Å². The molecule has 1 aliphatic carbocycles. The lowest BCUT2D eigenvalue weighted by atomic mass is 9.65. The Labute approximate surface area is 105 Å². The molecular weight excluding hydrogens is 240 g/mol. The second-order valence-electron chi connectivity index (χ2n) is 4.47. The first-order valence-corrected chi connectivity index (χ1v) is 6.00. The minimum atomic E-state index is -0.613. The van der Waals surface area contributed by atoms with Gasteiger partial charge in [-0.2, -0.15) is 0 Å². The second kappa shape index (κ2) is 4.67. The molecule has 1 fully saturated rings. The zero-order valence-electron chi connectivity index (χ0n) is 9.70. The first-order chi connectivity index (χ1) is 8.13. The Hall–Kier alpha value is -1.06. The van der Waals surface area contributed by atoms with Crippen LogP contribution in [0.1, 0.15) is 29.6 Å². The summed E-state index contributed by atoms with van der Waals surface area (Å²) in [5.74, 6) is 0.449. The standard InChI is InChI=1S/C13H15ClO3/c1-17-11-4-3-9(14)7-10(11)12(16)13(8-15)5-2-6-13/h3-4,7,15H,2,5-6,8H2,1H3. The molecule has 3 nitrogen and oxygen atoms in total. The van der Waals surface area contributed by atoms with Gasteiger partial charge in [0, 0.05) is 5.02 Å². The molecule has 0 unspecified atom stereocenters. The number of benzene rings is 1. The highest BCUT2D eigenvalue weighted by Gasteiger charge is 2.44. The molecule has 92 valence electrons. The summed E-state index contributed by atoms with van der Waals surface area (Å²) in [5.41, 5.74) is -0.147. The molecule has 0 radical (unpaired) electrons. The van der Waals surface area contributed by atoms with E-state index in [2.05, 4.69) is 0 Å². The predicted octanol–water partition coefficient (Wildman–Crippen LogP) is 2.69. The van der Waals surface area contributed by atoms with Crippen molar-refractivity contribution in [3.05, 3.63) is 28.8 Å². The molecule has 0 bridgehead atoms. The summed E-state index contributed by atoms with van der Waals surface area (Å²) in [6, 6.07) is 4.97. The Balaban J connectivity index is 2.39. The van der Waals surface area contributed by atoms with Crippen molar-refractivity contribution < 1.29 is 14.6 Å². The number of ketones is 1. The summed E-state index contributed by atoms with van der Waals surface area (Å²) >= 11 is 5.90. The number of hydrogen-bond donors (Lipinski definition) is 1. The number of carbonyl (C=O) groups excluding carboxylic acids is 1. The Bertz CT molecular complexity index is 433. The number of ether oxygens (including phenoxy) is 1. The topological polar surface area (TPSA) is 46.5 Å². The first kappa shape index (κ1) is 12.4. The van der Waals surface area contributed by atoms with Gasteiger partial charge in [-0.15, -0.1) is 0 Å². The molecule has 0 atom stereocenters. The van der Waals surface area contributed by atoms with Crippen LogP contribution >= 0.6 is 11.6 Å². The third-order valence-corrected chi connectivity index (χ3v) is 3.74. The van der Waals surface area contributed by atoms with Gasteiger partial charge in [-0.25, -0.2) is 0 Å². The summed E-state index contributed by atoms with van der Waals surface area (Å²) in [6.07, 6.45) is 2.45. The van der Waals surface area contributed by atoms with Gasteiger partial charge in [0.25, 0.3) is 0 Å². The number of hydrogen-bond acceptors (Lipinski definition) is 3. The van der Waals surface area contributed by atoms with Gasteiger partial charge in [-0.3, -0.25) is 4.79 Å². The number of halogens is 1. The third-order valence-electron chi connectivity index (χ3n) is 3.50. The van der Waals surface area contributed by atoms with Gasteiger partial charge in [0.2, 0.25) is 0 Å². The van der Waals surface area contributed by atoms with E-state index in [0.717, 1.165) is 19.3 Å². The van der Waals surface area contributed by atoms with Crippen molar-refractivity contribution in [1.82, 2.24) is 0 Å². The fraction of sp³-hybridized carbons (Fsp3) is 0.462. The van der Waals surface area contributed by atoms with E-state index in [-0.39, 0.29) is 12.4 Å². The Kier molecular flexibility index (Phi) is 3.40. The predicted molar refractivity (Wildman–Crippen MR) is 65.7 cm³/mol. The van der Waals surface area contributed by atoms with E-state index in [4.69, 9.17) is 16.3 Å². The summed E-state index contributed by atoms with van der Waals surface area (Å²) in [5, 5.41) is 9.91. The van der Waals surface area contributed by atoms with Gasteiger partial charge < -0.3 is 9.84 Å². The van der Waals surface area contributed by atoms with Crippen molar-refractivity contribution >= 4 is 17.4 Å². The molecule has 0 amide bonds. The Morgan fingerprint density at radius 3 is 2.71 bits per heavy atom. The van der Waals surface area contributed by atoms with Gasteiger partial charge in [-0.1, -0.05) is 18.0 Å². The van der Waals surface area contributed by atoms with Crippen molar-refractivity contribution in [2.45, 2.75) is 19.3 Å². The largest absolute Gasteiger partial charge is 0.496 e. The van der Waals surface area contributed by atoms with E-state index >= 15 is 0 Å². The molecule has 0 aromatic heterocycles. The molecule has 1 aliphatic rings. The summed E-state index contributed by atoms with van der Waals surface area (Å²) < 4.78 is 5.17. The van der Waals surface area contributed by atoms with Gasteiger partial charge >= 0.3 is 0 Å². The van der Waals surface area contributed by atoms with Crippen LogP contribution in [0.25, 0.3) is 0 Å². The van der Waals surface area contributed by atoms with E-state index in [9.17, 15) is 9.90 Å². The molecule has 1 saturated carbocycles. The average Bonchev–Trinajstić information content (AvgIpc) is 2.28. The zero-order chi connectivity index (χ0) is 12.5. The number of carbonyl (C=O) groups is 1. The minimum absolute atomic E-state index is 0.0643. The van der Waals surface area contributed by atoms with Crippen LogP contribution in [0.15, 0.2) is 18.2 Å². The fourth-order valence-corrected chi connectivity index (χ4v) is 2.38. The van der Waals surface area contributed by atoms with Gasteiger partial charge in [0.1, 0.15) is 5.75 Å². The van der Waals surface area contributed by atoms with Crippen molar-refractivity contribution in [2.24, 2.45) is 5.41 Å². The Morgan fingerprint density at radius 1 is 1.53 bits per heavy atom. The third kappa shape index (κ3) is 2.05. The molecule has 1 aromatic carbocycles. The average molecular weight is 255 g/mol. The lowest BCUT2D eigenvalue weighted by Crippen LogP contribution is -2.41. The summed E-state index contributed by atoms with van der Waals surface area (Å²) in [7, 11) is 1.52. The number of Topliss-reactive ketones (excluding diaryl/α,β-unsaturated/α-hetero) is 1. The lowest BCUT2D eigenvalue weighted by molar-refractivity contribution is 0.0345. The number of aliphatic hydroxyl groups is 1. The lowest BCUT2D eigenvalue weighted by Gasteiger charge is -2.38. The van der Waals surface area contributed by atoms with E-state index < -0.39 is 5.41 Å². The highest BCUT2D eigenvalue weighted by Crippen LogP contribution is 2.44. The quantitative estimate of drug-likeness (QED) is 0.841. The molecule has 1 aromatic rings. The molecule has 0 aliphatic heterocycles. The van der Waals surface area contributed by atoms with Crippen LogP contribution in [0.4, 0.5) is 0 Å². The van der Waals surface area contributed by atoms with Crippen LogP contribution in [-0.2, 0) is 0 Å². The van der Waals surface area contributed by atoms with Crippen LogP contribution in [0, 0.1) is 5.41 Å². The maximum absolute atomic E-state index is 12.4. The monoisotopic (exact) mass is 254 g/mol. The summed E-state index contributed by atoms with van der Waals surface area (Å²) in [4.78, 5) is 12.4. The van der Waals surface area contributed by atoms with Crippen molar-refractivity contribution in [3.63, 3.8) is 0 Å². The number of aliphatic hydroxyl groups excluding tert-OH is 1. The zero-order valence-corrected chi connectivity index (χ0v) is 10.5. The maximum atomic E-state index is 12.4. The molecule has 2 rings (SSSR count). The molecular formula is C13H15ClO3. The Morgan fingerprint density at radius 2 is 2.24 bits per heavy atom. The van der Waals surface area contributed by atoms with E-state index in [1.807, 2.05) is 0 Å². The molecule has 0 saturated heterocycles. The SMILES string of the molecule is COc1ccc(Cl)cc1C(=O)C1(CO)CCC1. The van der Waals surface area contributed by atoms with Crippen LogP contribution < -0.4 is 4.74 Å². The number of methoxy groups -OCH3 is 1.